The summed E-state index contributed by atoms with van der Waals surface area (Å²) in [5.41, 5.74) is 2.98. The lowest BCUT2D eigenvalue weighted by Crippen LogP contribution is -2.54. The molecule has 20 heavy (non-hydrogen) atoms. The van der Waals surface area contributed by atoms with Crippen molar-refractivity contribution in [2.75, 3.05) is 13.1 Å². The molecule has 1 aromatic rings. The number of nitrogens with zero attached hydrogens (tertiary/aromatic N) is 3. The van der Waals surface area contributed by atoms with Crippen molar-refractivity contribution < 1.29 is 14.7 Å². The van der Waals surface area contributed by atoms with Crippen LogP contribution in [0.1, 0.15) is 23.4 Å². The maximum Gasteiger partial charge on any atom is 0.317 e. The maximum absolute atomic E-state index is 11.9. The Morgan fingerprint density at radius 1 is 1.40 bits per heavy atom. The molecule has 110 valence electrons. The van der Waals surface area contributed by atoms with Crippen LogP contribution in [0.2, 0.25) is 0 Å². The SMILES string of the molecule is Cc1nn(C)c(C)c1CNC(=O)N1CC(CC(=O)O)C1. The lowest BCUT2D eigenvalue weighted by molar-refractivity contribution is -0.139. The summed E-state index contributed by atoms with van der Waals surface area (Å²) in [5, 5.41) is 15.8. The van der Waals surface area contributed by atoms with Crippen LogP contribution in [-0.4, -0.2) is 44.9 Å². The molecule has 0 bridgehead atoms. The summed E-state index contributed by atoms with van der Waals surface area (Å²) < 4.78 is 1.79. The summed E-state index contributed by atoms with van der Waals surface area (Å²) >= 11 is 0. The van der Waals surface area contributed by atoms with E-state index in [2.05, 4.69) is 10.4 Å². The number of aliphatic carboxylic acids is 1. The molecular weight excluding hydrogens is 260 g/mol. The Bertz CT molecular complexity index is 532. The highest BCUT2D eigenvalue weighted by atomic mass is 16.4. The van der Waals surface area contributed by atoms with E-state index in [1.54, 1.807) is 9.58 Å². The molecule has 0 radical (unpaired) electrons. The number of nitrogens with one attached hydrogen (secondary N) is 1. The number of carbonyl (C=O) groups is 2. The predicted molar refractivity (Wildman–Crippen MR) is 72.2 cm³/mol. The number of urea groups is 1. The number of aryl methyl sites for hydroxylation is 2. The van der Waals surface area contributed by atoms with Crippen LogP contribution >= 0.6 is 0 Å². The molecular formula is C13H20N4O3. The zero-order chi connectivity index (χ0) is 14.9. The molecule has 1 fully saturated rings. The quantitative estimate of drug-likeness (QED) is 0.848. The van der Waals surface area contributed by atoms with Gasteiger partial charge >= 0.3 is 12.0 Å². The molecule has 1 aliphatic rings. The van der Waals surface area contributed by atoms with Crippen LogP contribution < -0.4 is 5.32 Å². The first-order valence-corrected chi connectivity index (χ1v) is 6.62. The number of amides is 2. The summed E-state index contributed by atoms with van der Waals surface area (Å²) in [7, 11) is 1.87. The van der Waals surface area contributed by atoms with Crippen molar-refractivity contribution in [2.24, 2.45) is 13.0 Å². The van der Waals surface area contributed by atoms with Crippen LogP contribution in [0.3, 0.4) is 0 Å². The number of carboxylic acids is 1. The monoisotopic (exact) mass is 280 g/mol. The zero-order valence-corrected chi connectivity index (χ0v) is 12.0. The molecule has 0 unspecified atom stereocenters. The Kier molecular flexibility index (Phi) is 3.96. The van der Waals surface area contributed by atoms with Crippen molar-refractivity contribution in [3.05, 3.63) is 17.0 Å². The van der Waals surface area contributed by atoms with E-state index in [4.69, 9.17) is 5.11 Å². The molecule has 0 saturated carbocycles. The minimum absolute atomic E-state index is 0.0834. The van der Waals surface area contributed by atoms with Crippen molar-refractivity contribution in [3.8, 4) is 0 Å². The third-order valence-corrected chi connectivity index (χ3v) is 3.78. The Balaban J connectivity index is 1.81. The van der Waals surface area contributed by atoms with E-state index < -0.39 is 5.97 Å². The molecule has 7 heteroatoms. The van der Waals surface area contributed by atoms with E-state index in [1.165, 1.54) is 0 Å². The highest BCUT2D eigenvalue weighted by Crippen LogP contribution is 2.19. The third kappa shape index (κ3) is 2.92. The van der Waals surface area contributed by atoms with Gasteiger partial charge < -0.3 is 15.3 Å². The van der Waals surface area contributed by atoms with Gasteiger partial charge in [0.15, 0.2) is 0 Å². The van der Waals surface area contributed by atoms with Gasteiger partial charge in [-0.25, -0.2) is 4.79 Å². The molecule has 1 aliphatic heterocycles. The van der Waals surface area contributed by atoms with E-state index in [0.717, 1.165) is 17.0 Å². The van der Waals surface area contributed by atoms with Gasteiger partial charge in [-0.15, -0.1) is 0 Å². The summed E-state index contributed by atoms with van der Waals surface area (Å²) in [6.45, 7) is 5.37. The Morgan fingerprint density at radius 3 is 2.55 bits per heavy atom. The first-order chi connectivity index (χ1) is 9.38. The molecule has 2 heterocycles. The predicted octanol–water partition coefficient (Wildman–Crippen LogP) is 0.653. The third-order valence-electron chi connectivity index (χ3n) is 3.78. The lowest BCUT2D eigenvalue weighted by atomic mass is 9.97. The lowest BCUT2D eigenvalue weighted by Gasteiger charge is -2.38. The standard InChI is InChI=1S/C13H20N4O3/c1-8-11(9(2)16(3)15-8)5-14-13(20)17-6-10(7-17)4-12(18)19/h10H,4-7H2,1-3H3,(H,14,20)(H,18,19). The number of aromatic nitrogens is 2. The van der Waals surface area contributed by atoms with Gasteiger partial charge in [-0.1, -0.05) is 0 Å². The molecule has 0 aliphatic carbocycles. The molecule has 2 amide bonds. The Labute approximate surface area is 117 Å². The van der Waals surface area contributed by atoms with E-state index in [-0.39, 0.29) is 18.4 Å². The van der Waals surface area contributed by atoms with Crippen LogP contribution in [0.5, 0.6) is 0 Å². The fourth-order valence-corrected chi connectivity index (χ4v) is 2.46. The Hall–Kier alpha value is -2.05. The second-order valence-electron chi connectivity index (χ2n) is 5.30. The minimum atomic E-state index is -0.809. The average Bonchev–Trinajstić information content (AvgIpc) is 2.55. The minimum Gasteiger partial charge on any atom is -0.481 e. The normalized spacial score (nSPS) is 15.1. The number of likely N-dealkylation sites (tertiary alicyclic amines) is 1. The Morgan fingerprint density at radius 2 is 2.05 bits per heavy atom. The average molecular weight is 280 g/mol. The number of rotatable bonds is 4. The van der Waals surface area contributed by atoms with Gasteiger partial charge in [0.1, 0.15) is 0 Å². The molecule has 2 N–H and O–H groups in total. The van der Waals surface area contributed by atoms with Gasteiger partial charge in [0.25, 0.3) is 0 Å². The zero-order valence-electron chi connectivity index (χ0n) is 12.0. The van der Waals surface area contributed by atoms with Crippen LogP contribution in [0.4, 0.5) is 4.79 Å². The summed E-state index contributed by atoms with van der Waals surface area (Å²) in [5.74, 6) is -0.725. The second kappa shape index (κ2) is 5.52. The van der Waals surface area contributed by atoms with Crippen LogP contribution in [0, 0.1) is 19.8 Å². The van der Waals surface area contributed by atoms with Crippen molar-refractivity contribution in [3.63, 3.8) is 0 Å². The molecule has 1 saturated heterocycles. The number of hydrogen-bond donors (Lipinski definition) is 2. The van der Waals surface area contributed by atoms with Gasteiger partial charge in [-0.2, -0.15) is 5.10 Å². The van der Waals surface area contributed by atoms with E-state index >= 15 is 0 Å². The van der Waals surface area contributed by atoms with Crippen LogP contribution in [0.15, 0.2) is 0 Å². The van der Waals surface area contributed by atoms with Gasteiger partial charge in [0.2, 0.25) is 0 Å². The summed E-state index contributed by atoms with van der Waals surface area (Å²) in [4.78, 5) is 24.1. The second-order valence-corrected chi connectivity index (χ2v) is 5.30. The van der Waals surface area contributed by atoms with Crippen molar-refractivity contribution in [1.29, 1.82) is 0 Å². The number of carboxylic acid groups (broad SMARTS) is 1. The van der Waals surface area contributed by atoms with Gasteiger partial charge in [-0.05, 0) is 13.8 Å². The number of hydrogen-bond acceptors (Lipinski definition) is 3. The van der Waals surface area contributed by atoms with E-state index in [1.807, 2.05) is 20.9 Å². The smallest absolute Gasteiger partial charge is 0.317 e. The number of carbonyl (C=O) groups excluding carboxylic acids is 1. The molecule has 2 rings (SSSR count). The first-order valence-electron chi connectivity index (χ1n) is 6.62. The maximum atomic E-state index is 11.9. The largest absolute Gasteiger partial charge is 0.481 e. The van der Waals surface area contributed by atoms with Crippen molar-refractivity contribution >= 4 is 12.0 Å². The van der Waals surface area contributed by atoms with Gasteiger partial charge in [0, 0.05) is 43.9 Å². The summed E-state index contributed by atoms with van der Waals surface area (Å²) in [6.07, 6.45) is 0.130. The topological polar surface area (TPSA) is 87.5 Å². The van der Waals surface area contributed by atoms with Gasteiger partial charge in [0.05, 0.1) is 12.1 Å². The molecule has 0 atom stereocenters. The first kappa shape index (κ1) is 14.4. The van der Waals surface area contributed by atoms with Crippen molar-refractivity contribution in [2.45, 2.75) is 26.8 Å². The van der Waals surface area contributed by atoms with Gasteiger partial charge in [-0.3, -0.25) is 9.48 Å². The molecule has 0 aromatic carbocycles. The molecule has 7 nitrogen and oxygen atoms in total. The highest BCUT2D eigenvalue weighted by Gasteiger charge is 2.31. The van der Waals surface area contributed by atoms with E-state index in [9.17, 15) is 9.59 Å². The van der Waals surface area contributed by atoms with Crippen molar-refractivity contribution in [1.82, 2.24) is 20.0 Å². The molecule has 1 aromatic heterocycles. The fraction of sp³-hybridized carbons (Fsp3) is 0.615. The highest BCUT2D eigenvalue weighted by molar-refractivity contribution is 5.75. The molecule has 0 spiro atoms. The summed E-state index contributed by atoms with van der Waals surface area (Å²) in [6, 6.07) is -0.144. The fourth-order valence-electron chi connectivity index (χ4n) is 2.46. The van der Waals surface area contributed by atoms with Crippen LogP contribution in [-0.2, 0) is 18.4 Å². The van der Waals surface area contributed by atoms with E-state index in [0.29, 0.717) is 19.6 Å². The van der Waals surface area contributed by atoms with Crippen LogP contribution in [0.25, 0.3) is 0 Å².